The van der Waals surface area contributed by atoms with Crippen LogP contribution < -0.4 is 10.0 Å². The summed E-state index contributed by atoms with van der Waals surface area (Å²) in [5, 5.41) is 3.36. The van der Waals surface area contributed by atoms with E-state index in [1.54, 1.807) is 12.1 Å². The van der Waals surface area contributed by atoms with Gasteiger partial charge in [-0.3, -0.25) is 4.79 Å². The van der Waals surface area contributed by atoms with E-state index >= 15 is 0 Å². The van der Waals surface area contributed by atoms with Crippen LogP contribution in [0, 0.1) is 0 Å². The van der Waals surface area contributed by atoms with E-state index in [1.807, 2.05) is 30.3 Å². The highest BCUT2D eigenvalue weighted by Gasteiger charge is 2.12. The summed E-state index contributed by atoms with van der Waals surface area (Å²) < 4.78 is 26.5. The molecule has 2 N–H and O–H groups in total. The van der Waals surface area contributed by atoms with Crippen LogP contribution in [0.2, 0.25) is 10.0 Å². The summed E-state index contributed by atoms with van der Waals surface area (Å²) in [6, 6.07) is 14.0. The number of benzene rings is 2. The first-order valence-electron chi connectivity index (χ1n) is 7.57. The predicted octanol–water partition coefficient (Wildman–Crippen LogP) is 2.77. The Balaban J connectivity index is 1.74. The van der Waals surface area contributed by atoms with E-state index in [0.29, 0.717) is 15.6 Å². The molecule has 0 aliphatic carbocycles. The van der Waals surface area contributed by atoms with E-state index in [9.17, 15) is 13.2 Å². The molecule has 0 aliphatic heterocycles. The monoisotopic (exact) mass is 400 g/mol. The molecule has 0 spiro atoms. The lowest BCUT2D eigenvalue weighted by molar-refractivity contribution is -0.120. The number of sulfonamides is 1. The van der Waals surface area contributed by atoms with Gasteiger partial charge in [-0.2, -0.15) is 0 Å². The molecule has 0 radical (unpaired) electrons. The Hall–Kier alpha value is -1.60. The minimum Gasteiger partial charge on any atom is -0.355 e. The van der Waals surface area contributed by atoms with E-state index in [4.69, 9.17) is 23.2 Å². The SMILES string of the molecule is O=C(Cc1ccccc1)NCCNS(=O)(=O)Cc1ccc(Cl)c(Cl)c1. The average molecular weight is 401 g/mol. The van der Waals surface area contributed by atoms with Gasteiger partial charge >= 0.3 is 0 Å². The van der Waals surface area contributed by atoms with Gasteiger partial charge in [0.1, 0.15) is 0 Å². The van der Waals surface area contributed by atoms with Crippen LogP contribution in [0.25, 0.3) is 0 Å². The van der Waals surface area contributed by atoms with Gasteiger partial charge in [0.25, 0.3) is 0 Å². The molecule has 0 saturated heterocycles. The van der Waals surface area contributed by atoms with Crippen molar-refractivity contribution in [1.82, 2.24) is 10.0 Å². The molecule has 2 aromatic carbocycles. The first-order valence-corrected chi connectivity index (χ1v) is 9.98. The molecule has 0 unspecified atom stereocenters. The maximum atomic E-state index is 12.0. The maximum Gasteiger partial charge on any atom is 0.224 e. The Morgan fingerprint density at radius 2 is 1.64 bits per heavy atom. The topological polar surface area (TPSA) is 75.3 Å². The number of hydrogen-bond acceptors (Lipinski definition) is 3. The van der Waals surface area contributed by atoms with Crippen LogP contribution in [-0.2, 0) is 27.0 Å². The molecule has 0 saturated carbocycles. The second-order valence-corrected chi connectivity index (χ2v) is 8.04. The lowest BCUT2D eigenvalue weighted by atomic mass is 10.1. The first kappa shape index (κ1) is 19.7. The molecule has 0 fully saturated rings. The van der Waals surface area contributed by atoms with Crippen LogP contribution in [0.15, 0.2) is 48.5 Å². The average Bonchev–Trinajstić information content (AvgIpc) is 2.56. The van der Waals surface area contributed by atoms with E-state index in [-0.39, 0.29) is 31.2 Å². The molecule has 0 aliphatic rings. The predicted molar refractivity (Wildman–Crippen MR) is 100 cm³/mol. The summed E-state index contributed by atoms with van der Waals surface area (Å²) >= 11 is 11.7. The van der Waals surface area contributed by atoms with E-state index in [0.717, 1.165) is 5.56 Å². The van der Waals surface area contributed by atoms with Crippen molar-refractivity contribution in [2.24, 2.45) is 0 Å². The minimum absolute atomic E-state index is 0.115. The molecule has 1 amide bonds. The van der Waals surface area contributed by atoms with Crippen molar-refractivity contribution >= 4 is 39.1 Å². The largest absolute Gasteiger partial charge is 0.355 e. The standard InChI is InChI=1S/C17H18Cl2N2O3S/c18-15-7-6-14(10-16(15)19)12-25(23,24)21-9-8-20-17(22)11-13-4-2-1-3-5-13/h1-7,10,21H,8-9,11-12H2,(H,20,22). The van der Waals surface area contributed by atoms with Gasteiger partial charge in [-0.05, 0) is 23.3 Å². The van der Waals surface area contributed by atoms with Gasteiger partial charge in [-0.1, -0.05) is 59.6 Å². The van der Waals surface area contributed by atoms with Gasteiger partial charge < -0.3 is 5.32 Å². The van der Waals surface area contributed by atoms with Crippen molar-refractivity contribution in [1.29, 1.82) is 0 Å². The summed E-state index contributed by atoms with van der Waals surface area (Å²) in [6.07, 6.45) is 0.261. The number of amides is 1. The molecule has 8 heteroatoms. The lowest BCUT2D eigenvalue weighted by Gasteiger charge is -2.09. The molecule has 25 heavy (non-hydrogen) atoms. The van der Waals surface area contributed by atoms with Crippen molar-refractivity contribution in [3.8, 4) is 0 Å². The molecule has 134 valence electrons. The van der Waals surface area contributed by atoms with Crippen molar-refractivity contribution < 1.29 is 13.2 Å². The lowest BCUT2D eigenvalue weighted by Crippen LogP contribution is -2.35. The zero-order valence-corrected chi connectivity index (χ0v) is 15.7. The Morgan fingerprint density at radius 1 is 0.920 bits per heavy atom. The Labute approximate surface area is 157 Å². The highest BCUT2D eigenvalue weighted by atomic mass is 35.5. The highest BCUT2D eigenvalue weighted by Crippen LogP contribution is 2.23. The summed E-state index contributed by atoms with van der Waals surface area (Å²) in [5.41, 5.74) is 1.44. The molecule has 2 rings (SSSR count). The summed E-state index contributed by atoms with van der Waals surface area (Å²) in [6.45, 7) is 0.330. The van der Waals surface area contributed by atoms with Crippen LogP contribution in [-0.4, -0.2) is 27.4 Å². The molecule has 0 heterocycles. The van der Waals surface area contributed by atoms with Gasteiger partial charge in [0.15, 0.2) is 0 Å². The fourth-order valence-corrected chi connectivity index (χ4v) is 3.61. The number of carbonyl (C=O) groups is 1. The summed E-state index contributed by atoms with van der Waals surface area (Å²) in [7, 11) is -3.52. The molecule has 2 aromatic rings. The second-order valence-electron chi connectivity index (χ2n) is 5.41. The van der Waals surface area contributed by atoms with Crippen LogP contribution in [0.4, 0.5) is 0 Å². The summed E-state index contributed by atoms with van der Waals surface area (Å²) in [5.74, 6) is -0.364. The number of carbonyl (C=O) groups excluding carboxylic acids is 1. The van der Waals surface area contributed by atoms with Gasteiger partial charge in [-0.25, -0.2) is 13.1 Å². The quantitative estimate of drug-likeness (QED) is 0.668. The van der Waals surface area contributed by atoms with Crippen molar-refractivity contribution in [3.05, 3.63) is 69.7 Å². The van der Waals surface area contributed by atoms with Crippen molar-refractivity contribution in [2.45, 2.75) is 12.2 Å². The number of halogens is 2. The number of hydrogen-bond donors (Lipinski definition) is 2. The number of rotatable bonds is 8. The molecule has 0 atom stereocenters. The third kappa shape index (κ3) is 7.04. The highest BCUT2D eigenvalue weighted by molar-refractivity contribution is 7.88. The molecule has 5 nitrogen and oxygen atoms in total. The van der Waals surface area contributed by atoms with Crippen LogP contribution in [0.1, 0.15) is 11.1 Å². The van der Waals surface area contributed by atoms with E-state index in [1.165, 1.54) is 6.07 Å². The first-order chi connectivity index (χ1) is 11.9. The third-order valence-electron chi connectivity index (χ3n) is 3.32. The Morgan fingerprint density at radius 3 is 2.32 bits per heavy atom. The zero-order chi connectivity index (χ0) is 18.3. The molecule has 0 bridgehead atoms. The Bertz CT molecular complexity index is 827. The van der Waals surface area contributed by atoms with Crippen LogP contribution >= 0.6 is 23.2 Å². The van der Waals surface area contributed by atoms with Gasteiger partial charge in [0, 0.05) is 13.1 Å². The second kappa shape index (κ2) is 9.20. The normalized spacial score (nSPS) is 11.3. The fraction of sp³-hybridized carbons (Fsp3) is 0.235. The molecule has 0 aromatic heterocycles. The van der Waals surface area contributed by atoms with Crippen molar-refractivity contribution in [2.75, 3.05) is 13.1 Å². The van der Waals surface area contributed by atoms with Crippen molar-refractivity contribution in [3.63, 3.8) is 0 Å². The van der Waals surface area contributed by atoms with Gasteiger partial charge in [0.2, 0.25) is 15.9 Å². The van der Waals surface area contributed by atoms with E-state index in [2.05, 4.69) is 10.0 Å². The minimum atomic E-state index is -3.52. The summed E-state index contributed by atoms with van der Waals surface area (Å²) in [4.78, 5) is 11.8. The zero-order valence-electron chi connectivity index (χ0n) is 13.3. The smallest absolute Gasteiger partial charge is 0.224 e. The third-order valence-corrected chi connectivity index (χ3v) is 5.41. The van der Waals surface area contributed by atoms with Crippen LogP contribution in [0.3, 0.4) is 0 Å². The maximum absolute atomic E-state index is 12.0. The Kier molecular flexibility index (Phi) is 7.25. The van der Waals surface area contributed by atoms with E-state index < -0.39 is 10.0 Å². The van der Waals surface area contributed by atoms with Gasteiger partial charge in [-0.15, -0.1) is 0 Å². The fourth-order valence-electron chi connectivity index (χ4n) is 2.15. The van der Waals surface area contributed by atoms with Crippen LogP contribution in [0.5, 0.6) is 0 Å². The molecular formula is C17H18Cl2N2O3S. The number of nitrogens with one attached hydrogen (secondary N) is 2. The van der Waals surface area contributed by atoms with Gasteiger partial charge in [0.05, 0.1) is 22.2 Å². The molecular weight excluding hydrogens is 383 g/mol.